The van der Waals surface area contributed by atoms with Crippen LogP contribution in [0.5, 0.6) is 0 Å². The molecule has 2 heterocycles. The first-order valence-corrected chi connectivity index (χ1v) is 7.86. The van der Waals surface area contributed by atoms with Gasteiger partial charge in [0.2, 0.25) is 11.8 Å². The van der Waals surface area contributed by atoms with Crippen LogP contribution in [0.15, 0.2) is 0 Å². The Hall–Kier alpha value is -0.430. The van der Waals surface area contributed by atoms with Crippen LogP contribution in [-0.4, -0.2) is 30.9 Å². The minimum Gasteiger partial charge on any atom is -1.00 e. The number of imide groups is 2. The molecule has 7 heteroatoms. The summed E-state index contributed by atoms with van der Waals surface area (Å²) < 4.78 is 0. The van der Waals surface area contributed by atoms with Gasteiger partial charge in [-0.25, -0.2) is 4.79 Å². The molecule has 22 heavy (non-hydrogen) atoms. The summed E-state index contributed by atoms with van der Waals surface area (Å²) in [4.78, 5) is 34.8. The van der Waals surface area contributed by atoms with E-state index in [0.717, 1.165) is 12.8 Å². The number of hydrogen-bond acceptors (Lipinski definition) is 4. The molecule has 0 radical (unpaired) electrons. The van der Waals surface area contributed by atoms with Gasteiger partial charge < -0.3 is 6.74 Å². The van der Waals surface area contributed by atoms with Crippen LogP contribution in [0.25, 0.3) is 0 Å². The van der Waals surface area contributed by atoms with Crippen molar-refractivity contribution in [2.45, 2.75) is 52.9 Å². The molecule has 1 atom stereocenters. The monoisotopic (exact) mass is 321 g/mol. The number of hydrogen-bond donors (Lipinski definition) is 3. The van der Waals surface area contributed by atoms with Crippen LogP contribution in [0.3, 0.4) is 0 Å². The second-order valence-electron chi connectivity index (χ2n) is 5.71. The summed E-state index contributed by atoms with van der Waals surface area (Å²) >= 11 is 0. The van der Waals surface area contributed by atoms with E-state index in [1.54, 1.807) is 6.92 Å². The van der Waals surface area contributed by atoms with Gasteiger partial charge in [-0.15, -0.1) is 0 Å². The van der Waals surface area contributed by atoms with Crippen LogP contribution in [0.1, 0.15) is 54.3 Å². The van der Waals surface area contributed by atoms with Gasteiger partial charge in [-0.05, 0) is 44.7 Å². The van der Waals surface area contributed by atoms with Crippen molar-refractivity contribution in [2.75, 3.05) is 13.1 Å². The van der Waals surface area contributed by atoms with Gasteiger partial charge in [0.1, 0.15) is 5.41 Å². The topological polar surface area (TPSA) is 87.3 Å². The van der Waals surface area contributed by atoms with Crippen molar-refractivity contribution >= 4 is 17.8 Å². The molecule has 2 aliphatic rings. The largest absolute Gasteiger partial charge is 1.00 e. The molecule has 1 unspecified atom stereocenters. The molecule has 0 aromatic carbocycles. The van der Waals surface area contributed by atoms with E-state index in [2.05, 4.69) is 16.0 Å². The molecule has 0 spiro atoms. The fourth-order valence-corrected chi connectivity index (χ4v) is 2.99. The maximum Gasteiger partial charge on any atom is 1.00 e. The third kappa shape index (κ3) is 5.05. The van der Waals surface area contributed by atoms with Crippen LogP contribution >= 0.6 is 0 Å². The summed E-state index contributed by atoms with van der Waals surface area (Å²) in [6, 6.07) is -0.720. The third-order valence-electron chi connectivity index (χ3n) is 4.34. The fourth-order valence-electron chi connectivity index (χ4n) is 2.99. The second kappa shape index (κ2) is 10.4. The maximum atomic E-state index is 11.9. The second-order valence-corrected chi connectivity index (χ2v) is 5.71. The van der Waals surface area contributed by atoms with Crippen molar-refractivity contribution in [2.24, 2.45) is 11.3 Å². The number of carbonyl (C=O) groups is 3. The Morgan fingerprint density at radius 3 is 1.91 bits per heavy atom. The average Bonchev–Trinajstić information content (AvgIpc) is 2.98. The van der Waals surface area contributed by atoms with Crippen LogP contribution in [0, 0.1) is 11.3 Å². The number of rotatable bonds is 4. The first-order valence-electron chi connectivity index (χ1n) is 7.86. The van der Waals surface area contributed by atoms with Gasteiger partial charge in [-0.3, -0.25) is 20.2 Å². The molecule has 2 fully saturated rings. The molecule has 6 nitrogen and oxygen atoms in total. The van der Waals surface area contributed by atoms with E-state index < -0.39 is 23.3 Å². The first-order chi connectivity index (χ1) is 9.98. The maximum absolute atomic E-state index is 11.9. The standard InChI is InChI=1S/C11H18N2O3.C4H9N.Na.H/c1-4-6-7(3)11(5-2)8(14)12-10(16)13-9(11)15;1-2-4-5-3-1;;/h7H,4-6H2,1-3H3,(H2,12,13,14,15,16);5H,1-4H2;;/q;;+1;-1. The Morgan fingerprint density at radius 1 is 1.09 bits per heavy atom. The van der Waals surface area contributed by atoms with Crippen molar-refractivity contribution in [1.82, 2.24) is 16.0 Å². The predicted octanol–water partition coefficient (Wildman–Crippen LogP) is -1.33. The van der Waals surface area contributed by atoms with Crippen molar-refractivity contribution in [3.63, 3.8) is 0 Å². The zero-order valence-corrected chi connectivity index (χ0v) is 16.3. The van der Waals surface area contributed by atoms with Gasteiger partial charge in [0, 0.05) is 0 Å². The van der Waals surface area contributed by atoms with Crippen molar-refractivity contribution in [3.8, 4) is 0 Å². The Labute approximate surface area is 156 Å². The van der Waals surface area contributed by atoms with Crippen LogP contribution < -0.4 is 45.5 Å². The molecule has 0 aliphatic carbocycles. The molecule has 0 saturated carbocycles. The third-order valence-corrected chi connectivity index (χ3v) is 4.34. The zero-order valence-electron chi connectivity index (χ0n) is 15.3. The number of carbonyl (C=O) groups excluding carboxylic acids is 3. The van der Waals surface area contributed by atoms with Crippen molar-refractivity contribution in [3.05, 3.63) is 0 Å². The van der Waals surface area contributed by atoms with Gasteiger partial charge in [0.25, 0.3) is 0 Å². The van der Waals surface area contributed by atoms with Crippen molar-refractivity contribution < 1.29 is 45.4 Å². The SMILES string of the molecule is C1CCNC1.CCCC(C)C1(CC)C(=O)NC(=O)NC1=O.[H-].[Na+]. The van der Waals surface area contributed by atoms with E-state index in [4.69, 9.17) is 0 Å². The summed E-state index contributed by atoms with van der Waals surface area (Å²) in [6.45, 7) is 8.17. The minimum atomic E-state index is -1.09. The van der Waals surface area contributed by atoms with E-state index in [9.17, 15) is 14.4 Å². The van der Waals surface area contributed by atoms with Gasteiger partial charge in [-0.1, -0.05) is 27.2 Å². The van der Waals surface area contributed by atoms with Gasteiger partial charge >= 0.3 is 35.6 Å². The Balaban J connectivity index is 0. The van der Waals surface area contributed by atoms with Crippen LogP contribution in [0.4, 0.5) is 4.79 Å². The number of urea groups is 1. The summed E-state index contributed by atoms with van der Waals surface area (Å²) in [6.07, 6.45) is 4.86. The summed E-state index contributed by atoms with van der Waals surface area (Å²) in [7, 11) is 0. The number of barbiturate groups is 1. The smallest absolute Gasteiger partial charge is 1.00 e. The molecule has 2 aliphatic heterocycles. The van der Waals surface area contributed by atoms with Crippen LogP contribution in [0.2, 0.25) is 0 Å². The van der Waals surface area contributed by atoms with E-state index in [0.29, 0.717) is 6.42 Å². The molecule has 4 amide bonds. The molecule has 0 bridgehead atoms. The minimum absolute atomic E-state index is 0. The molecule has 2 rings (SSSR count). The molecule has 122 valence electrons. The number of nitrogens with one attached hydrogen (secondary N) is 3. The van der Waals surface area contributed by atoms with Gasteiger partial charge in [-0.2, -0.15) is 0 Å². The normalized spacial score (nSPS) is 21.0. The molecular formula is C15H28N3NaO3. The van der Waals surface area contributed by atoms with E-state index in [-0.39, 0.29) is 36.9 Å². The fraction of sp³-hybridized carbons (Fsp3) is 0.800. The Kier molecular flexibility index (Phi) is 10.2. The molecular weight excluding hydrogens is 293 g/mol. The summed E-state index contributed by atoms with van der Waals surface area (Å²) in [5.74, 6) is -1.01. The van der Waals surface area contributed by atoms with Gasteiger partial charge in [0.15, 0.2) is 0 Å². The quantitative estimate of drug-likeness (QED) is 0.442. The first kappa shape index (κ1) is 21.6. The van der Waals surface area contributed by atoms with E-state index in [1.165, 1.54) is 25.9 Å². The molecule has 2 saturated heterocycles. The van der Waals surface area contributed by atoms with E-state index in [1.807, 2.05) is 13.8 Å². The Bertz CT molecular complexity index is 376. The number of amides is 4. The van der Waals surface area contributed by atoms with Crippen LogP contribution in [-0.2, 0) is 9.59 Å². The predicted molar refractivity (Wildman–Crippen MR) is 81.7 cm³/mol. The summed E-state index contributed by atoms with van der Waals surface area (Å²) in [5.41, 5.74) is -1.09. The molecule has 3 N–H and O–H groups in total. The molecule has 0 aromatic rings. The molecule has 0 aromatic heterocycles. The Morgan fingerprint density at radius 2 is 1.59 bits per heavy atom. The van der Waals surface area contributed by atoms with Gasteiger partial charge in [0.05, 0.1) is 0 Å². The zero-order chi connectivity index (χ0) is 15.9. The average molecular weight is 321 g/mol. The summed E-state index contributed by atoms with van der Waals surface area (Å²) in [5, 5.41) is 7.58. The van der Waals surface area contributed by atoms with Crippen molar-refractivity contribution in [1.29, 1.82) is 0 Å². The van der Waals surface area contributed by atoms with E-state index >= 15 is 0 Å².